The fraction of sp³-hybridized carbons (Fsp3) is 0.333. The summed E-state index contributed by atoms with van der Waals surface area (Å²) in [7, 11) is 5.50. The summed E-state index contributed by atoms with van der Waals surface area (Å²) in [5, 5.41) is 0. The number of aromatic nitrogens is 1. The molecule has 1 heterocycles. The van der Waals surface area contributed by atoms with E-state index < -0.39 is 0 Å². The van der Waals surface area contributed by atoms with Gasteiger partial charge in [-0.25, -0.2) is 4.98 Å². The minimum absolute atomic E-state index is 0.488. The SMILES string of the molecule is CN=C(N)c1cc(Br)cnc1N(C)C. The molecule has 14 heavy (non-hydrogen) atoms. The van der Waals surface area contributed by atoms with Gasteiger partial charge >= 0.3 is 0 Å². The predicted molar refractivity (Wildman–Crippen MR) is 62.9 cm³/mol. The summed E-state index contributed by atoms with van der Waals surface area (Å²) in [4.78, 5) is 10.1. The van der Waals surface area contributed by atoms with Crippen LogP contribution in [-0.4, -0.2) is 32.0 Å². The number of aliphatic imine (C=N–C) groups is 1. The van der Waals surface area contributed by atoms with Gasteiger partial charge in [-0.15, -0.1) is 0 Å². The maximum atomic E-state index is 5.76. The van der Waals surface area contributed by atoms with Crippen LogP contribution in [0, 0.1) is 0 Å². The van der Waals surface area contributed by atoms with Gasteiger partial charge in [0.2, 0.25) is 0 Å². The normalized spacial score (nSPS) is 11.6. The van der Waals surface area contributed by atoms with Crippen molar-refractivity contribution in [3.8, 4) is 0 Å². The number of hydrogen-bond acceptors (Lipinski definition) is 3. The van der Waals surface area contributed by atoms with E-state index in [0.717, 1.165) is 15.9 Å². The van der Waals surface area contributed by atoms with E-state index in [0.29, 0.717) is 5.84 Å². The third kappa shape index (κ3) is 2.23. The fourth-order valence-electron chi connectivity index (χ4n) is 1.10. The molecule has 0 aliphatic carbocycles. The number of rotatable bonds is 2. The summed E-state index contributed by atoms with van der Waals surface area (Å²) in [5.74, 6) is 1.30. The third-order valence-electron chi connectivity index (χ3n) is 1.77. The third-order valence-corrected chi connectivity index (χ3v) is 2.21. The van der Waals surface area contributed by atoms with Crippen LogP contribution in [0.4, 0.5) is 5.82 Å². The lowest BCUT2D eigenvalue weighted by Gasteiger charge is -2.15. The zero-order valence-corrected chi connectivity index (χ0v) is 10.0. The van der Waals surface area contributed by atoms with Gasteiger partial charge in [0.25, 0.3) is 0 Å². The lowest BCUT2D eigenvalue weighted by atomic mass is 10.2. The monoisotopic (exact) mass is 256 g/mol. The summed E-state index contributed by atoms with van der Waals surface area (Å²) >= 11 is 3.35. The van der Waals surface area contributed by atoms with Gasteiger partial charge in [-0.05, 0) is 22.0 Å². The van der Waals surface area contributed by atoms with Crippen molar-refractivity contribution < 1.29 is 0 Å². The lowest BCUT2D eigenvalue weighted by Crippen LogP contribution is -2.20. The number of pyridine rings is 1. The Morgan fingerprint density at radius 1 is 1.57 bits per heavy atom. The quantitative estimate of drug-likeness (QED) is 0.640. The first kappa shape index (κ1) is 11.0. The Balaban J connectivity index is 3.30. The zero-order valence-electron chi connectivity index (χ0n) is 8.45. The van der Waals surface area contributed by atoms with E-state index in [9.17, 15) is 0 Å². The standard InChI is InChI=1S/C9H13BrN4/c1-12-8(11)7-4-6(10)5-13-9(7)14(2)3/h4-5H,1-3H3,(H2,11,12). The molecule has 0 radical (unpaired) electrons. The molecule has 4 nitrogen and oxygen atoms in total. The molecule has 0 saturated carbocycles. The van der Waals surface area contributed by atoms with Gasteiger partial charge in [0.15, 0.2) is 0 Å². The Labute approximate surface area is 92.0 Å². The van der Waals surface area contributed by atoms with Crippen molar-refractivity contribution in [2.75, 3.05) is 26.0 Å². The van der Waals surface area contributed by atoms with Crippen molar-refractivity contribution in [2.45, 2.75) is 0 Å². The fourth-order valence-corrected chi connectivity index (χ4v) is 1.43. The summed E-state index contributed by atoms with van der Waals surface area (Å²) in [6, 6.07) is 1.91. The van der Waals surface area contributed by atoms with E-state index in [1.165, 1.54) is 0 Å². The molecule has 0 aliphatic heterocycles. The molecule has 1 aromatic heterocycles. The van der Waals surface area contributed by atoms with Crippen molar-refractivity contribution in [3.05, 3.63) is 22.3 Å². The molecule has 0 fully saturated rings. The van der Waals surface area contributed by atoms with E-state index in [2.05, 4.69) is 25.9 Å². The van der Waals surface area contributed by atoms with Gasteiger partial charge in [-0.3, -0.25) is 4.99 Å². The Hall–Kier alpha value is -1.10. The second kappa shape index (κ2) is 4.41. The average Bonchev–Trinajstić information content (AvgIpc) is 2.16. The maximum absolute atomic E-state index is 5.76. The highest BCUT2D eigenvalue weighted by molar-refractivity contribution is 9.10. The van der Waals surface area contributed by atoms with Crippen molar-refractivity contribution in [2.24, 2.45) is 10.7 Å². The smallest absolute Gasteiger partial charge is 0.139 e. The number of halogens is 1. The maximum Gasteiger partial charge on any atom is 0.139 e. The minimum Gasteiger partial charge on any atom is -0.383 e. The molecule has 1 rings (SSSR count). The lowest BCUT2D eigenvalue weighted by molar-refractivity contribution is 1.06. The number of amidine groups is 1. The number of nitrogens with zero attached hydrogens (tertiary/aromatic N) is 3. The first-order valence-electron chi connectivity index (χ1n) is 4.11. The molecule has 0 aliphatic rings. The first-order chi connectivity index (χ1) is 6.56. The molecular weight excluding hydrogens is 244 g/mol. The largest absolute Gasteiger partial charge is 0.383 e. The second-order valence-electron chi connectivity index (χ2n) is 3.03. The van der Waals surface area contributed by atoms with Crippen LogP contribution in [0.2, 0.25) is 0 Å². The van der Waals surface area contributed by atoms with E-state index in [1.54, 1.807) is 13.2 Å². The van der Waals surface area contributed by atoms with Crippen molar-refractivity contribution >= 4 is 27.6 Å². The molecule has 0 aromatic carbocycles. The van der Waals surface area contributed by atoms with Crippen LogP contribution in [0.15, 0.2) is 21.7 Å². The van der Waals surface area contributed by atoms with Crippen molar-refractivity contribution in [3.63, 3.8) is 0 Å². The van der Waals surface area contributed by atoms with Gasteiger partial charge < -0.3 is 10.6 Å². The summed E-state index contributed by atoms with van der Waals surface area (Å²) in [6.07, 6.45) is 1.74. The van der Waals surface area contributed by atoms with Crippen molar-refractivity contribution in [1.29, 1.82) is 0 Å². The van der Waals surface area contributed by atoms with Crippen LogP contribution >= 0.6 is 15.9 Å². The van der Waals surface area contributed by atoms with Crippen molar-refractivity contribution in [1.82, 2.24) is 4.98 Å². The van der Waals surface area contributed by atoms with Crippen LogP contribution in [0.1, 0.15) is 5.56 Å². The molecule has 5 heteroatoms. The molecule has 0 saturated heterocycles. The van der Waals surface area contributed by atoms with E-state index in [4.69, 9.17) is 5.73 Å². The highest BCUT2D eigenvalue weighted by Crippen LogP contribution is 2.19. The van der Waals surface area contributed by atoms with E-state index >= 15 is 0 Å². The highest BCUT2D eigenvalue weighted by Gasteiger charge is 2.09. The molecule has 0 spiro atoms. The zero-order chi connectivity index (χ0) is 10.7. The molecule has 0 unspecified atom stereocenters. The van der Waals surface area contributed by atoms with Crippen LogP contribution in [0.3, 0.4) is 0 Å². The van der Waals surface area contributed by atoms with Gasteiger partial charge in [0, 0.05) is 31.8 Å². The minimum atomic E-state index is 0.488. The first-order valence-corrected chi connectivity index (χ1v) is 4.91. The number of anilines is 1. The molecule has 0 amide bonds. The molecular formula is C9H13BrN4. The average molecular weight is 257 g/mol. The van der Waals surface area contributed by atoms with Crippen LogP contribution < -0.4 is 10.6 Å². The van der Waals surface area contributed by atoms with Crippen LogP contribution in [-0.2, 0) is 0 Å². The summed E-state index contributed by atoms with van der Waals surface area (Å²) in [6.45, 7) is 0. The molecule has 2 N–H and O–H groups in total. The molecule has 1 aromatic rings. The Morgan fingerprint density at radius 3 is 2.71 bits per heavy atom. The molecule has 76 valence electrons. The summed E-state index contributed by atoms with van der Waals surface area (Å²) < 4.78 is 0.893. The summed E-state index contributed by atoms with van der Waals surface area (Å²) in [5.41, 5.74) is 6.60. The molecule has 0 atom stereocenters. The van der Waals surface area contributed by atoms with E-state index in [1.807, 2.05) is 25.1 Å². The highest BCUT2D eigenvalue weighted by atomic mass is 79.9. The Bertz CT molecular complexity index is 360. The number of nitrogens with two attached hydrogens (primary N) is 1. The van der Waals surface area contributed by atoms with Gasteiger partial charge in [0.05, 0.1) is 5.56 Å². The predicted octanol–water partition coefficient (Wildman–Crippen LogP) is 1.25. The van der Waals surface area contributed by atoms with Gasteiger partial charge in [-0.1, -0.05) is 0 Å². The van der Waals surface area contributed by atoms with Crippen LogP contribution in [0.25, 0.3) is 0 Å². The number of hydrogen-bond donors (Lipinski definition) is 1. The molecule has 0 bridgehead atoms. The topological polar surface area (TPSA) is 54.5 Å². The van der Waals surface area contributed by atoms with Crippen LogP contribution in [0.5, 0.6) is 0 Å². The van der Waals surface area contributed by atoms with Gasteiger partial charge in [-0.2, -0.15) is 0 Å². The second-order valence-corrected chi connectivity index (χ2v) is 3.94. The van der Waals surface area contributed by atoms with E-state index in [-0.39, 0.29) is 0 Å². The van der Waals surface area contributed by atoms with Gasteiger partial charge in [0.1, 0.15) is 11.7 Å². The Kier molecular flexibility index (Phi) is 3.46. The Morgan fingerprint density at radius 2 is 2.21 bits per heavy atom.